The van der Waals surface area contributed by atoms with Crippen LogP contribution in [0.4, 0.5) is 5.69 Å². The molecular formula is C27H39Cl3N4O4. The number of rotatable bonds is 8. The Morgan fingerprint density at radius 3 is 1.87 bits per heavy atom. The highest BCUT2D eigenvalue weighted by atomic mass is 35.5. The van der Waals surface area contributed by atoms with Crippen LogP contribution in [0.5, 0.6) is 0 Å². The Hall–Kier alpha value is -2.43. The number of carboxylic acid groups (broad SMARTS) is 1. The van der Waals surface area contributed by atoms with Crippen molar-refractivity contribution in [3.05, 3.63) is 94.8 Å². The lowest BCUT2D eigenvalue weighted by molar-refractivity contribution is 0.0696. The first kappa shape index (κ1) is 37.7. The summed E-state index contributed by atoms with van der Waals surface area (Å²) < 4.78 is 0. The van der Waals surface area contributed by atoms with Crippen LogP contribution >= 0.6 is 37.2 Å². The van der Waals surface area contributed by atoms with Gasteiger partial charge < -0.3 is 21.4 Å². The van der Waals surface area contributed by atoms with E-state index < -0.39 is 5.97 Å². The number of aryl methyl sites for hydroxylation is 2. The number of nitrogens with zero attached hydrogens (tertiary/aromatic N) is 3. The van der Waals surface area contributed by atoms with E-state index in [-0.39, 0.29) is 59.8 Å². The highest BCUT2D eigenvalue weighted by Crippen LogP contribution is 2.29. The summed E-state index contributed by atoms with van der Waals surface area (Å²) in [6.45, 7) is 9.15. The van der Waals surface area contributed by atoms with Gasteiger partial charge in [0.05, 0.1) is 17.4 Å². The van der Waals surface area contributed by atoms with Crippen LogP contribution in [0.1, 0.15) is 38.9 Å². The third-order valence-electron chi connectivity index (χ3n) is 6.29. The molecule has 1 fully saturated rings. The first-order chi connectivity index (χ1) is 16.0. The molecule has 0 aliphatic carbocycles. The molecule has 0 unspecified atom stereocenters. The minimum Gasteiger partial charge on any atom is -0.478 e. The van der Waals surface area contributed by atoms with Gasteiger partial charge in [-0.1, -0.05) is 60.7 Å². The number of benzene rings is 2. The van der Waals surface area contributed by atoms with Gasteiger partial charge >= 0.3 is 5.97 Å². The molecule has 2 heterocycles. The van der Waals surface area contributed by atoms with E-state index in [0.717, 1.165) is 38.4 Å². The third kappa shape index (κ3) is 9.39. The second-order valence-corrected chi connectivity index (χ2v) is 8.61. The summed E-state index contributed by atoms with van der Waals surface area (Å²) in [7, 11) is 0. The molecule has 0 bridgehead atoms. The number of hydrogen-bond donors (Lipinski definition) is 2. The van der Waals surface area contributed by atoms with Gasteiger partial charge in [-0.3, -0.25) is 14.8 Å². The fraction of sp³-hybridized carbons (Fsp3) is 0.333. The smallest absolute Gasteiger partial charge is 0.339 e. The van der Waals surface area contributed by atoms with Gasteiger partial charge in [0.1, 0.15) is 5.56 Å². The third-order valence-corrected chi connectivity index (χ3v) is 6.29. The Balaban J connectivity index is 0. The van der Waals surface area contributed by atoms with E-state index in [1.807, 2.05) is 13.0 Å². The predicted molar refractivity (Wildman–Crippen MR) is 161 cm³/mol. The number of carbonyl (C=O) groups is 1. The lowest BCUT2D eigenvalue weighted by atomic mass is 9.96. The van der Waals surface area contributed by atoms with Crippen molar-refractivity contribution in [3.8, 4) is 0 Å². The molecule has 0 radical (unpaired) electrons. The van der Waals surface area contributed by atoms with Crippen molar-refractivity contribution >= 4 is 48.9 Å². The quantitative estimate of drug-likeness (QED) is 0.410. The topological polar surface area (TPSA) is 132 Å². The minimum absolute atomic E-state index is 0. The average Bonchev–Trinajstić information content (AvgIpc) is 2.81. The molecule has 11 heteroatoms. The highest BCUT2D eigenvalue weighted by molar-refractivity contribution is 5.95. The molecular weight excluding hydrogens is 551 g/mol. The van der Waals surface area contributed by atoms with Crippen LogP contribution in [-0.2, 0) is 0 Å². The predicted octanol–water partition coefficient (Wildman–Crippen LogP) is 3.83. The number of nitrogens with one attached hydrogen (secondary N) is 1. The van der Waals surface area contributed by atoms with Crippen LogP contribution in [0.3, 0.4) is 0 Å². The SMILES string of the molecule is Cc1cc(NCCN2CCN(C(c3ccccc3)c3ccccc3)CC2)c(C(=O)O)c(C)n1.Cl.Cl.Cl.O.O. The molecule has 1 aliphatic rings. The number of aromatic nitrogens is 1. The molecule has 2 aromatic carbocycles. The van der Waals surface area contributed by atoms with Crippen LogP contribution < -0.4 is 5.32 Å². The summed E-state index contributed by atoms with van der Waals surface area (Å²) in [4.78, 5) is 21.0. The lowest BCUT2D eigenvalue weighted by Gasteiger charge is -2.40. The maximum absolute atomic E-state index is 11.7. The summed E-state index contributed by atoms with van der Waals surface area (Å²) in [5, 5.41) is 12.9. The molecule has 1 aromatic heterocycles. The zero-order chi connectivity index (χ0) is 23.2. The number of aromatic carboxylic acids is 1. The fourth-order valence-corrected chi connectivity index (χ4v) is 4.72. The first-order valence-electron chi connectivity index (χ1n) is 11.5. The molecule has 6 N–H and O–H groups in total. The van der Waals surface area contributed by atoms with Crippen molar-refractivity contribution < 1.29 is 20.9 Å². The second kappa shape index (κ2) is 18.0. The summed E-state index contributed by atoms with van der Waals surface area (Å²) >= 11 is 0. The molecule has 3 aromatic rings. The normalized spacial score (nSPS) is 13.0. The Labute approximate surface area is 243 Å². The Morgan fingerprint density at radius 2 is 1.39 bits per heavy atom. The number of carboxylic acids is 1. The van der Waals surface area contributed by atoms with Gasteiger partial charge in [-0.15, -0.1) is 37.2 Å². The van der Waals surface area contributed by atoms with E-state index in [1.165, 1.54) is 11.1 Å². The largest absolute Gasteiger partial charge is 0.478 e. The number of hydrogen-bond acceptors (Lipinski definition) is 5. The van der Waals surface area contributed by atoms with Crippen molar-refractivity contribution in [3.63, 3.8) is 0 Å². The number of anilines is 1. The first-order valence-corrected chi connectivity index (χ1v) is 11.5. The van der Waals surface area contributed by atoms with E-state index in [4.69, 9.17) is 0 Å². The Bertz CT molecular complexity index is 1050. The van der Waals surface area contributed by atoms with E-state index in [2.05, 4.69) is 80.8 Å². The molecule has 0 atom stereocenters. The maximum Gasteiger partial charge on any atom is 0.339 e. The van der Waals surface area contributed by atoms with Gasteiger partial charge in [-0.05, 0) is 31.0 Å². The minimum atomic E-state index is -0.941. The maximum atomic E-state index is 11.7. The molecule has 212 valence electrons. The highest BCUT2D eigenvalue weighted by Gasteiger charge is 2.26. The fourth-order valence-electron chi connectivity index (χ4n) is 4.72. The Morgan fingerprint density at radius 1 is 0.895 bits per heavy atom. The van der Waals surface area contributed by atoms with Crippen LogP contribution in [0.25, 0.3) is 0 Å². The van der Waals surface area contributed by atoms with E-state index in [1.54, 1.807) is 6.92 Å². The van der Waals surface area contributed by atoms with Gasteiger partial charge in [0.2, 0.25) is 0 Å². The summed E-state index contributed by atoms with van der Waals surface area (Å²) in [6, 6.07) is 23.5. The van der Waals surface area contributed by atoms with Crippen molar-refractivity contribution in [2.75, 3.05) is 44.6 Å². The van der Waals surface area contributed by atoms with E-state index in [0.29, 0.717) is 17.9 Å². The van der Waals surface area contributed by atoms with Crippen molar-refractivity contribution in [2.24, 2.45) is 0 Å². The van der Waals surface area contributed by atoms with Crippen molar-refractivity contribution in [1.82, 2.24) is 14.8 Å². The molecule has 1 saturated heterocycles. The van der Waals surface area contributed by atoms with E-state index in [9.17, 15) is 9.90 Å². The van der Waals surface area contributed by atoms with Crippen LogP contribution in [-0.4, -0.2) is 76.1 Å². The van der Waals surface area contributed by atoms with Gasteiger partial charge in [0, 0.05) is 45.0 Å². The number of piperazine rings is 1. The zero-order valence-corrected chi connectivity index (χ0v) is 24.0. The van der Waals surface area contributed by atoms with Crippen LogP contribution in [0.2, 0.25) is 0 Å². The second-order valence-electron chi connectivity index (χ2n) is 8.61. The van der Waals surface area contributed by atoms with Crippen molar-refractivity contribution in [1.29, 1.82) is 0 Å². The van der Waals surface area contributed by atoms with Gasteiger partial charge in [-0.25, -0.2) is 4.79 Å². The number of pyridine rings is 1. The molecule has 0 spiro atoms. The van der Waals surface area contributed by atoms with Gasteiger partial charge in [-0.2, -0.15) is 0 Å². The number of halogens is 3. The van der Waals surface area contributed by atoms with Gasteiger partial charge in [0.15, 0.2) is 0 Å². The Kier molecular flexibility index (Phi) is 17.8. The summed E-state index contributed by atoms with van der Waals surface area (Å²) in [5.41, 5.74) is 4.93. The molecule has 1 aliphatic heterocycles. The summed E-state index contributed by atoms with van der Waals surface area (Å²) in [6.07, 6.45) is 0. The van der Waals surface area contributed by atoms with Gasteiger partial charge in [0.25, 0.3) is 0 Å². The van der Waals surface area contributed by atoms with Crippen LogP contribution in [0, 0.1) is 13.8 Å². The average molecular weight is 590 g/mol. The van der Waals surface area contributed by atoms with E-state index >= 15 is 0 Å². The standard InChI is InChI=1S/C27H32N4O2.3ClH.2H2O/c1-20-19-24(25(27(32)33)21(2)29-20)28-13-14-30-15-17-31(18-16-30)26(22-9-5-3-6-10-22)23-11-7-4-8-12-23;;;;;/h3-12,19,26H,13-18H2,1-2H3,(H,28,29)(H,32,33);3*1H;2*1H2. The molecule has 38 heavy (non-hydrogen) atoms. The lowest BCUT2D eigenvalue weighted by Crippen LogP contribution is -2.48. The molecule has 8 nitrogen and oxygen atoms in total. The molecule has 0 saturated carbocycles. The summed E-state index contributed by atoms with van der Waals surface area (Å²) in [5.74, 6) is -0.941. The molecule has 0 amide bonds. The molecule has 4 rings (SSSR count). The van der Waals surface area contributed by atoms with Crippen LogP contribution in [0.15, 0.2) is 66.7 Å². The van der Waals surface area contributed by atoms with Crippen molar-refractivity contribution in [2.45, 2.75) is 19.9 Å². The monoisotopic (exact) mass is 588 g/mol. The zero-order valence-electron chi connectivity index (χ0n) is 21.6.